The van der Waals surface area contributed by atoms with Crippen LogP contribution in [0.5, 0.6) is 17.2 Å². The molecule has 0 saturated heterocycles. The Morgan fingerprint density at radius 1 is 1.12 bits per heavy atom. The van der Waals surface area contributed by atoms with Crippen molar-refractivity contribution in [3.05, 3.63) is 48.0 Å². The van der Waals surface area contributed by atoms with Crippen molar-refractivity contribution in [1.29, 1.82) is 0 Å². The molecule has 0 atom stereocenters. The Morgan fingerprint density at radius 2 is 1.88 bits per heavy atom. The lowest BCUT2D eigenvalue weighted by molar-refractivity contribution is -0.118. The molecule has 2 N–H and O–H groups in total. The zero-order valence-electron chi connectivity index (χ0n) is 13.4. The highest BCUT2D eigenvalue weighted by molar-refractivity contribution is 5.93. The van der Waals surface area contributed by atoms with Crippen LogP contribution in [0.3, 0.4) is 0 Å². The molecule has 2 aromatic rings. The molecule has 0 unspecified atom stereocenters. The molecule has 0 aliphatic carbocycles. The third-order valence-corrected chi connectivity index (χ3v) is 3.13. The summed E-state index contributed by atoms with van der Waals surface area (Å²) < 4.78 is 15.9. The van der Waals surface area contributed by atoms with Crippen LogP contribution in [-0.2, 0) is 4.79 Å². The molecule has 0 fully saturated rings. The van der Waals surface area contributed by atoms with Gasteiger partial charge in [0.05, 0.1) is 26.1 Å². The van der Waals surface area contributed by atoms with E-state index >= 15 is 0 Å². The Morgan fingerprint density at radius 3 is 2.58 bits per heavy atom. The van der Waals surface area contributed by atoms with Crippen LogP contribution in [0.15, 0.2) is 47.6 Å². The molecule has 126 valence electrons. The number of methoxy groups -OCH3 is 2. The van der Waals surface area contributed by atoms with Crippen molar-refractivity contribution in [2.24, 2.45) is 5.16 Å². The number of benzene rings is 2. The molecule has 0 saturated carbocycles. The number of hydrogen-bond acceptors (Lipinski definition) is 6. The van der Waals surface area contributed by atoms with Crippen LogP contribution in [0.25, 0.3) is 0 Å². The molecule has 0 bridgehead atoms. The maximum atomic E-state index is 12.0. The van der Waals surface area contributed by atoms with Gasteiger partial charge in [-0.2, -0.15) is 0 Å². The van der Waals surface area contributed by atoms with Crippen LogP contribution < -0.4 is 19.5 Å². The first-order valence-electron chi connectivity index (χ1n) is 7.09. The number of para-hydroxylation sites is 2. The molecule has 2 rings (SSSR count). The van der Waals surface area contributed by atoms with Gasteiger partial charge in [0.2, 0.25) is 0 Å². The average molecular weight is 330 g/mol. The van der Waals surface area contributed by atoms with Crippen LogP contribution in [-0.4, -0.2) is 38.2 Å². The summed E-state index contributed by atoms with van der Waals surface area (Å²) in [6, 6.07) is 12.0. The lowest BCUT2D eigenvalue weighted by atomic mass is 10.2. The van der Waals surface area contributed by atoms with E-state index in [-0.39, 0.29) is 12.5 Å². The molecule has 2 aromatic carbocycles. The van der Waals surface area contributed by atoms with E-state index in [1.165, 1.54) is 20.4 Å². The van der Waals surface area contributed by atoms with E-state index in [1.54, 1.807) is 36.4 Å². The molecule has 1 amide bonds. The Hall–Kier alpha value is -3.22. The smallest absolute Gasteiger partial charge is 0.262 e. The number of carbonyl (C=O) groups excluding carboxylic acids is 1. The second-order valence-corrected chi connectivity index (χ2v) is 4.69. The van der Waals surface area contributed by atoms with E-state index < -0.39 is 0 Å². The largest absolute Gasteiger partial charge is 0.495 e. The van der Waals surface area contributed by atoms with Gasteiger partial charge in [0.1, 0.15) is 5.75 Å². The second-order valence-electron chi connectivity index (χ2n) is 4.69. The first-order valence-corrected chi connectivity index (χ1v) is 7.09. The lowest BCUT2D eigenvalue weighted by Gasteiger charge is -2.12. The van der Waals surface area contributed by atoms with Gasteiger partial charge >= 0.3 is 0 Å². The average Bonchev–Trinajstić information content (AvgIpc) is 2.61. The third-order valence-electron chi connectivity index (χ3n) is 3.13. The van der Waals surface area contributed by atoms with E-state index in [0.29, 0.717) is 28.5 Å². The summed E-state index contributed by atoms with van der Waals surface area (Å²) in [5, 5.41) is 14.2. The van der Waals surface area contributed by atoms with Crippen molar-refractivity contribution in [2.75, 3.05) is 26.1 Å². The molecule has 0 spiro atoms. The van der Waals surface area contributed by atoms with Crippen molar-refractivity contribution in [1.82, 2.24) is 0 Å². The van der Waals surface area contributed by atoms with Crippen molar-refractivity contribution in [3.8, 4) is 17.2 Å². The highest BCUT2D eigenvalue weighted by atomic mass is 16.5. The molecular formula is C17H18N2O5. The van der Waals surface area contributed by atoms with Crippen LogP contribution in [0.1, 0.15) is 5.56 Å². The van der Waals surface area contributed by atoms with Gasteiger partial charge in [-0.1, -0.05) is 17.3 Å². The summed E-state index contributed by atoms with van der Waals surface area (Å²) in [6.45, 7) is -0.193. The van der Waals surface area contributed by atoms with Crippen molar-refractivity contribution < 1.29 is 24.2 Å². The monoisotopic (exact) mass is 330 g/mol. The number of hydrogen-bond donors (Lipinski definition) is 2. The van der Waals surface area contributed by atoms with E-state index in [2.05, 4.69) is 10.5 Å². The van der Waals surface area contributed by atoms with Gasteiger partial charge in [0.25, 0.3) is 5.91 Å². The third kappa shape index (κ3) is 4.39. The number of nitrogens with one attached hydrogen (secondary N) is 1. The van der Waals surface area contributed by atoms with Gasteiger partial charge < -0.3 is 24.7 Å². The Kier molecular flexibility index (Phi) is 6.01. The first-order chi connectivity index (χ1) is 11.7. The first kappa shape index (κ1) is 17.1. The minimum atomic E-state index is -0.331. The van der Waals surface area contributed by atoms with Gasteiger partial charge in [-0.05, 0) is 30.3 Å². The van der Waals surface area contributed by atoms with Gasteiger partial charge in [-0.25, -0.2) is 0 Å². The van der Waals surface area contributed by atoms with Crippen LogP contribution in [0, 0.1) is 0 Å². The van der Waals surface area contributed by atoms with E-state index in [4.69, 9.17) is 19.4 Å². The molecule has 0 radical (unpaired) electrons. The topological polar surface area (TPSA) is 89.4 Å². The number of amides is 1. The highest BCUT2D eigenvalue weighted by Crippen LogP contribution is 2.28. The fraction of sp³-hybridized carbons (Fsp3) is 0.176. The summed E-state index contributed by atoms with van der Waals surface area (Å²) in [5.41, 5.74) is 1.20. The minimum Gasteiger partial charge on any atom is -0.495 e. The molecular weight excluding hydrogens is 312 g/mol. The van der Waals surface area contributed by atoms with Gasteiger partial charge in [-0.15, -0.1) is 0 Å². The maximum Gasteiger partial charge on any atom is 0.262 e. The Labute approximate surface area is 139 Å². The normalized spacial score (nSPS) is 10.4. The van der Waals surface area contributed by atoms with E-state index in [0.717, 1.165) is 0 Å². The predicted molar refractivity (Wildman–Crippen MR) is 89.5 cm³/mol. The standard InChI is InChI=1S/C17H18N2O5/c1-22-14-6-4-3-5-13(14)19-17(20)11-24-15-8-7-12(10-18-21)9-16(15)23-2/h3-10,21H,11H2,1-2H3,(H,19,20)/b18-10-. The molecule has 0 aliphatic heterocycles. The fourth-order valence-electron chi connectivity index (χ4n) is 2.03. The predicted octanol–water partition coefficient (Wildman–Crippen LogP) is 2.53. The SMILES string of the molecule is COc1ccccc1NC(=O)COc1ccc(/C=N\O)cc1OC. The number of ether oxygens (including phenoxy) is 3. The summed E-state index contributed by atoms with van der Waals surface area (Å²) in [4.78, 5) is 12.0. The molecule has 0 heterocycles. The van der Waals surface area contributed by atoms with Crippen molar-refractivity contribution >= 4 is 17.8 Å². The Bertz CT molecular complexity index is 731. The summed E-state index contributed by atoms with van der Waals surface area (Å²) in [6.07, 6.45) is 1.26. The lowest BCUT2D eigenvalue weighted by Crippen LogP contribution is -2.20. The minimum absolute atomic E-state index is 0.193. The molecule has 7 nitrogen and oxygen atoms in total. The number of anilines is 1. The van der Waals surface area contributed by atoms with Crippen molar-refractivity contribution in [3.63, 3.8) is 0 Å². The molecule has 0 aliphatic rings. The van der Waals surface area contributed by atoms with Crippen LogP contribution in [0.4, 0.5) is 5.69 Å². The van der Waals surface area contributed by atoms with Crippen molar-refractivity contribution in [2.45, 2.75) is 0 Å². The summed E-state index contributed by atoms with van der Waals surface area (Å²) >= 11 is 0. The number of carbonyl (C=O) groups is 1. The second kappa shape index (κ2) is 8.42. The van der Waals surface area contributed by atoms with Gasteiger partial charge in [0.15, 0.2) is 18.1 Å². The van der Waals surface area contributed by atoms with E-state index in [1.807, 2.05) is 6.07 Å². The van der Waals surface area contributed by atoms with Gasteiger partial charge in [0, 0.05) is 5.56 Å². The zero-order valence-corrected chi connectivity index (χ0v) is 13.4. The van der Waals surface area contributed by atoms with Crippen LogP contribution >= 0.6 is 0 Å². The molecule has 24 heavy (non-hydrogen) atoms. The highest BCUT2D eigenvalue weighted by Gasteiger charge is 2.10. The number of oxime groups is 1. The fourth-order valence-corrected chi connectivity index (χ4v) is 2.03. The van der Waals surface area contributed by atoms with Crippen LogP contribution in [0.2, 0.25) is 0 Å². The van der Waals surface area contributed by atoms with E-state index in [9.17, 15) is 4.79 Å². The van der Waals surface area contributed by atoms with Gasteiger partial charge in [-0.3, -0.25) is 4.79 Å². The summed E-state index contributed by atoms with van der Waals surface area (Å²) in [5.74, 6) is 1.07. The quantitative estimate of drug-likeness (QED) is 0.462. The molecule has 0 aromatic heterocycles. The Balaban J connectivity index is 2.01. The maximum absolute atomic E-state index is 12.0. The molecule has 7 heteroatoms. The zero-order chi connectivity index (χ0) is 17.4. The number of nitrogens with zero attached hydrogens (tertiary/aromatic N) is 1. The number of rotatable bonds is 7. The summed E-state index contributed by atoms with van der Waals surface area (Å²) in [7, 11) is 3.01.